The molecule has 20 heavy (non-hydrogen) atoms. The molecule has 0 atom stereocenters. The summed E-state index contributed by atoms with van der Waals surface area (Å²) in [6.45, 7) is 9.10. The standard InChI is InChI=1S/C15H19BrClN3/c1-9(2)18-8-12-5-6-13(17)7-14(12)20-11(4)15(16)10(3)19-20/h5-7,9,18H,8H2,1-4H3. The fourth-order valence-corrected chi connectivity index (χ4v) is 2.47. The van der Waals surface area contributed by atoms with E-state index in [2.05, 4.69) is 46.3 Å². The Morgan fingerprint density at radius 1 is 1.35 bits per heavy atom. The predicted octanol–water partition coefficient (Wildman–Crippen LogP) is 4.40. The number of rotatable bonds is 4. The monoisotopic (exact) mass is 355 g/mol. The fraction of sp³-hybridized carbons (Fsp3) is 0.400. The molecule has 0 aliphatic heterocycles. The van der Waals surface area contributed by atoms with Gasteiger partial charge in [-0.1, -0.05) is 31.5 Å². The Kier molecular flexibility index (Phi) is 4.89. The van der Waals surface area contributed by atoms with E-state index in [4.69, 9.17) is 11.6 Å². The van der Waals surface area contributed by atoms with Gasteiger partial charge >= 0.3 is 0 Å². The van der Waals surface area contributed by atoms with Crippen LogP contribution in [0.25, 0.3) is 5.69 Å². The van der Waals surface area contributed by atoms with Gasteiger partial charge in [0.15, 0.2) is 0 Å². The fourth-order valence-electron chi connectivity index (χ4n) is 2.06. The summed E-state index contributed by atoms with van der Waals surface area (Å²) in [5.41, 5.74) is 4.26. The van der Waals surface area contributed by atoms with E-state index in [9.17, 15) is 0 Å². The zero-order chi connectivity index (χ0) is 14.9. The number of benzene rings is 1. The van der Waals surface area contributed by atoms with E-state index >= 15 is 0 Å². The van der Waals surface area contributed by atoms with Gasteiger partial charge in [-0.15, -0.1) is 0 Å². The van der Waals surface area contributed by atoms with Crippen LogP contribution in [0.3, 0.4) is 0 Å². The molecule has 108 valence electrons. The summed E-state index contributed by atoms with van der Waals surface area (Å²) in [6, 6.07) is 6.37. The molecular formula is C15H19BrClN3. The van der Waals surface area contributed by atoms with E-state index in [0.29, 0.717) is 6.04 Å². The maximum Gasteiger partial charge on any atom is 0.0743 e. The summed E-state index contributed by atoms with van der Waals surface area (Å²) in [5.74, 6) is 0. The van der Waals surface area contributed by atoms with Crippen LogP contribution in [-0.2, 0) is 6.54 Å². The molecule has 0 aliphatic carbocycles. The van der Waals surface area contributed by atoms with Crippen molar-refractivity contribution in [2.75, 3.05) is 0 Å². The highest BCUT2D eigenvalue weighted by Gasteiger charge is 2.14. The Balaban J connectivity index is 2.48. The van der Waals surface area contributed by atoms with E-state index in [-0.39, 0.29) is 0 Å². The largest absolute Gasteiger partial charge is 0.310 e. The molecule has 1 aromatic heterocycles. The molecular weight excluding hydrogens is 338 g/mol. The quantitative estimate of drug-likeness (QED) is 0.879. The summed E-state index contributed by atoms with van der Waals surface area (Å²) in [6.07, 6.45) is 0. The molecule has 0 amide bonds. The molecule has 3 nitrogen and oxygen atoms in total. The lowest BCUT2D eigenvalue weighted by molar-refractivity contribution is 0.586. The average molecular weight is 357 g/mol. The van der Waals surface area contributed by atoms with Crippen LogP contribution in [0, 0.1) is 13.8 Å². The van der Waals surface area contributed by atoms with Crippen LogP contribution in [0.1, 0.15) is 30.8 Å². The first-order chi connectivity index (χ1) is 9.40. The van der Waals surface area contributed by atoms with Gasteiger partial charge in [0, 0.05) is 17.6 Å². The Morgan fingerprint density at radius 3 is 2.60 bits per heavy atom. The normalized spacial score (nSPS) is 11.3. The number of halogens is 2. The number of aryl methyl sites for hydroxylation is 1. The van der Waals surface area contributed by atoms with E-state index in [1.807, 2.05) is 30.7 Å². The summed E-state index contributed by atoms with van der Waals surface area (Å²) >= 11 is 9.73. The van der Waals surface area contributed by atoms with E-state index in [1.165, 1.54) is 5.56 Å². The Bertz CT molecular complexity index is 620. The van der Waals surface area contributed by atoms with Crippen molar-refractivity contribution in [2.45, 2.75) is 40.3 Å². The first-order valence-corrected chi connectivity index (χ1v) is 7.81. The van der Waals surface area contributed by atoms with Crippen molar-refractivity contribution in [2.24, 2.45) is 0 Å². The van der Waals surface area contributed by atoms with Gasteiger partial charge in [-0.05, 0) is 47.5 Å². The molecule has 2 rings (SSSR count). The molecule has 5 heteroatoms. The topological polar surface area (TPSA) is 29.9 Å². The molecule has 0 aliphatic rings. The summed E-state index contributed by atoms with van der Waals surface area (Å²) in [7, 11) is 0. The van der Waals surface area contributed by atoms with Crippen LogP contribution in [0.5, 0.6) is 0 Å². The Labute approximate surface area is 133 Å². The number of hydrogen-bond donors (Lipinski definition) is 1. The van der Waals surface area contributed by atoms with Gasteiger partial charge in [0.1, 0.15) is 0 Å². The lowest BCUT2D eigenvalue weighted by Gasteiger charge is -2.14. The number of hydrogen-bond acceptors (Lipinski definition) is 2. The van der Waals surface area contributed by atoms with Crippen molar-refractivity contribution in [1.82, 2.24) is 15.1 Å². The summed E-state index contributed by atoms with van der Waals surface area (Å²) in [4.78, 5) is 0. The lowest BCUT2D eigenvalue weighted by Crippen LogP contribution is -2.22. The predicted molar refractivity (Wildman–Crippen MR) is 87.7 cm³/mol. The van der Waals surface area contributed by atoms with Crippen molar-refractivity contribution in [3.05, 3.63) is 44.6 Å². The summed E-state index contributed by atoms with van der Waals surface area (Å²) < 4.78 is 2.99. The molecule has 1 heterocycles. The zero-order valence-electron chi connectivity index (χ0n) is 12.2. The van der Waals surface area contributed by atoms with Gasteiger partial charge in [-0.25, -0.2) is 4.68 Å². The minimum Gasteiger partial charge on any atom is -0.310 e. The highest BCUT2D eigenvalue weighted by Crippen LogP contribution is 2.26. The van der Waals surface area contributed by atoms with E-state index in [0.717, 1.165) is 33.1 Å². The van der Waals surface area contributed by atoms with E-state index < -0.39 is 0 Å². The van der Waals surface area contributed by atoms with Gasteiger partial charge < -0.3 is 5.32 Å². The van der Waals surface area contributed by atoms with Crippen molar-refractivity contribution < 1.29 is 0 Å². The average Bonchev–Trinajstić information content (AvgIpc) is 2.65. The van der Waals surface area contributed by atoms with Gasteiger partial charge in [0.05, 0.1) is 21.5 Å². The van der Waals surface area contributed by atoms with Crippen LogP contribution >= 0.6 is 27.5 Å². The Morgan fingerprint density at radius 2 is 2.05 bits per heavy atom. The number of nitrogens with zero attached hydrogens (tertiary/aromatic N) is 2. The van der Waals surface area contributed by atoms with Crippen molar-refractivity contribution in [1.29, 1.82) is 0 Å². The van der Waals surface area contributed by atoms with Crippen LogP contribution in [-0.4, -0.2) is 15.8 Å². The molecule has 0 unspecified atom stereocenters. The van der Waals surface area contributed by atoms with Gasteiger partial charge in [-0.3, -0.25) is 0 Å². The van der Waals surface area contributed by atoms with Gasteiger partial charge in [0.2, 0.25) is 0 Å². The molecule has 1 N–H and O–H groups in total. The van der Waals surface area contributed by atoms with E-state index in [1.54, 1.807) is 0 Å². The van der Waals surface area contributed by atoms with Crippen molar-refractivity contribution in [3.63, 3.8) is 0 Å². The molecule has 0 spiro atoms. The van der Waals surface area contributed by atoms with Crippen LogP contribution in [0.4, 0.5) is 0 Å². The van der Waals surface area contributed by atoms with Gasteiger partial charge in [-0.2, -0.15) is 5.10 Å². The minimum atomic E-state index is 0.436. The molecule has 0 fully saturated rings. The maximum absolute atomic E-state index is 6.16. The van der Waals surface area contributed by atoms with Crippen molar-refractivity contribution >= 4 is 27.5 Å². The molecule has 0 saturated carbocycles. The van der Waals surface area contributed by atoms with Crippen molar-refractivity contribution in [3.8, 4) is 5.69 Å². The smallest absolute Gasteiger partial charge is 0.0743 e. The molecule has 2 aromatic rings. The van der Waals surface area contributed by atoms with Crippen LogP contribution < -0.4 is 5.32 Å². The number of nitrogens with one attached hydrogen (secondary N) is 1. The third kappa shape index (κ3) is 3.25. The second-order valence-corrected chi connectivity index (χ2v) is 6.43. The van der Waals surface area contributed by atoms with Crippen LogP contribution in [0.2, 0.25) is 5.02 Å². The second kappa shape index (κ2) is 6.29. The molecule has 1 aromatic carbocycles. The third-order valence-corrected chi connectivity index (χ3v) is 4.56. The molecule has 0 bridgehead atoms. The third-order valence-electron chi connectivity index (χ3n) is 3.18. The SMILES string of the molecule is Cc1nn(-c2cc(Cl)ccc2CNC(C)C)c(C)c1Br. The second-order valence-electron chi connectivity index (χ2n) is 5.21. The van der Waals surface area contributed by atoms with Crippen LogP contribution in [0.15, 0.2) is 22.7 Å². The van der Waals surface area contributed by atoms with Gasteiger partial charge in [0.25, 0.3) is 0 Å². The number of aromatic nitrogens is 2. The highest BCUT2D eigenvalue weighted by atomic mass is 79.9. The first-order valence-electron chi connectivity index (χ1n) is 6.64. The maximum atomic E-state index is 6.16. The molecule has 0 radical (unpaired) electrons. The zero-order valence-corrected chi connectivity index (χ0v) is 14.5. The lowest BCUT2D eigenvalue weighted by atomic mass is 10.1. The summed E-state index contributed by atoms with van der Waals surface area (Å²) in [5, 5.41) is 8.75. The highest BCUT2D eigenvalue weighted by molar-refractivity contribution is 9.10. The molecule has 0 saturated heterocycles. The first kappa shape index (κ1) is 15.5. The Hall–Kier alpha value is -0.840. The minimum absolute atomic E-state index is 0.436.